The summed E-state index contributed by atoms with van der Waals surface area (Å²) in [6.45, 7) is 2.06. The number of thiophene rings is 1. The first-order chi connectivity index (χ1) is 14.2. The molecule has 0 spiro atoms. The number of rotatable bonds is 8. The highest BCUT2D eigenvalue weighted by Crippen LogP contribution is 2.28. The number of hydrogen-bond donors (Lipinski definition) is 0. The largest absolute Gasteiger partial charge is 0.496 e. The van der Waals surface area contributed by atoms with E-state index >= 15 is 0 Å². The van der Waals surface area contributed by atoms with Crippen LogP contribution >= 0.6 is 27.3 Å². The Hall–Kier alpha value is -2.48. The van der Waals surface area contributed by atoms with E-state index in [0.29, 0.717) is 24.9 Å². The van der Waals surface area contributed by atoms with Crippen LogP contribution in [0.25, 0.3) is 11.5 Å². The van der Waals surface area contributed by atoms with E-state index in [1.54, 1.807) is 18.4 Å². The number of methoxy groups -OCH3 is 1. The molecule has 0 amide bonds. The summed E-state index contributed by atoms with van der Waals surface area (Å²) in [6, 6.07) is 20.1. The first-order valence-corrected chi connectivity index (χ1v) is 10.8. The minimum absolute atomic E-state index is 0.515. The molecule has 0 atom stereocenters. The fraction of sp³-hybridized carbons (Fsp3) is 0.182. The van der Waals surface area contributed by atoms with Crippen molar-refractivity contribution in [3.8, 4) is 17.2 Å². The van der Waals surface area contributed by atoms with Crippen LogP contribution in [0.3, 0.4) is 0 Å². The Bertz CT molecular complexity index is 1070. The van der Waals surface area contributed by atoms with Crippen molar-refractivity contribution in [2.24, 2.45) is 0 Å². The van der Waals surface area contributed by atoms with Gasteiger partial charge in [0.05, 0.1) is 19.2 Å². The van der Waals surface area contributed by atoms with Crippen molar-refractivity contribution in [1.82, 2.24) is 15.1 Å². The van der Waals surface area contributed by atoms with Gasteiger partial charge in [0.1, 0.15) is 5.75 Å². The second-order valence-corrected chi connectivity index (χ2v) is 8.40. The Labute approximate surface area is 182 Å². The van der Waals surface area contributed by atoms with E-state index < -0.39 is 0 Å². The highest BCUT2D eigenvalue weighted by atomic mass is 79.9. The minimum Gasteiger partial charge on any atom is -0.496 e. The molecule has 2 aromatic heterocycles. The molecular formula is C22H20BrN3O2S. The second kappa shape index (κ2) is 9.35. The maximum Gasteiger partial charge on any atom is 0.248 e. The van der Waals surface area contributed by atoms with Crippen molar-refractivity contribution in [3.63, 3.8) is 0 Å². The van der Waals surface area contributed by atoms with Gasteiger partial charge in [0.2, 0.25) is 11.8 Å². The lowest BCUT2D eigenvalue weighted by atomic mass is 10.2. The standard InChI is InChI=1S/C22H20BrN3O2S/c1-27-20-11-5-2-7-16(20)13-26(14-17-8-6-12-29-17)15-21-24-25-22(28-21)18-9-3-4-10-19(18)23/h2-12H,13-15H2,1H3. The third kappa shape index (κ3) is 4.93. The molecular weight excluding hydrogens is 450 g/mol. The molecule has 2 aromatic carbocycles. The molecule has 0 saturated heterocycles. The molecule has 0 unspecified atom stereocenters. The lowest BCUT2D eigenvalue weighted by Gasteiger charge is -2.21. The summed E-state index contributed by atoms with van der Waals surface area (Å²) in [7, 11) is 1.70. The number of hydrogen-bond acceptors (Lipinski definition) is 6. The number of halogens is 1. The zero-order chi connectivity index (χ0) is 20.1. The first-order valence-electron chi connectivity index (χ1n) is 9.17. The number of benzene rings is 2. The van der Waals surface area contributed by atoms with Gasteiger partial charge in [-0.2, -0.15) is 0 Å². The van der Waals surface area contributed by atoms with Crippen LogP contribution in [-0.2, 0) is 19.6 Å². The number of aromatic nitrogens is 2. The van der Waals surface area contributed by atoms with Crippen LogP contribution in [0.5, 0.6) is 5.75 Å². The summed E-state index contributed by atoms with van der Waals surface area (Å²) in [6.07, 6.45) is 0. The van der Waals surface area contributed by atoms with Gasteiger partial charge in [-0.05, 0) is 45.6 Å². The Morgan fingerprint density at radius 3 is 2.59 bits per heavy atom. The lowest BCUT2D eigenvalue weighted by Crippen LogP contribution is -2.22. The van der Waals surface area contributed by atoms with Crippen molar-refractivity contribution < 1.29 is 9.15 Å². The molecule has 5 nitrogen and oxygen atoms in total. The molecule has 0 saturated carbocycles. The smallest absolute Gasteiger partial charge is 0.248 e. The summed E-state index contributed by atoms with van der Waals surface area (Å²) >= 11 is 5.28. The van der Waals surface area contributed by atoms with E-state index in [1.807, 2.05) is 42.5 Å². The zero-order valence-electron chi connectivity index (χ0n) is 15.9. The second-order valence-electron chi connectivity index (χ2n) is 6.52. The van der Waals surface area contributed by atoms with Crippen molar-refractivity contribution in [3.05, 3.63) is 86.8 Å². The molecule has 2 heterocycles. The average Bonchev–Trinajstić information content (AvgIpc) is 3.41. The van der Waals surface area contributed by atoms with Crippen LogP contribution in [0, 0.1) is 0 Å². The van der Waals surface area contributed by atoms with E-state index in [-0.39, 0.29) is 0 Å². The molecule has 0 radical (unpaired) electrons. The van der Waals surface area contributed by atoms with Crippen molar-refractivity contribution in [2.45, 2.75) is 19.6 Å². The third-order valence-corrected chi connectivity index (χ3v) is 6.03. The van der Waals surface area contributed by atoms with Gasteiger partial charge in [0.25, 0.3) is 0 Å². The van der Waals surface area contributed by atoms with Gasteiger partial charge in [-0.15, -0.1) is 21.5 Å². The SMILES string of the molecule is COc1ccccc1CN(Cc1nnc(-c2ccccc2Br)o1)Cc1cccs1. The molecule has 0 N–H and O–H groups in total. The van der Waals surface area contributed by atoms with E-state index in [1.165, 1.54) is 4.88 Å². The molecule has 0 bridgehead atoms. The Balaban J connectivity index is 1.56. The maximum atomic E-state index is 5.97. The van der Waals surface area contributed by atoms with Gasteiger partial charge in [0.15, 0.2) is 0 Å². The van der Waals surface area contributed by atoms with Crippen molar-refractivity contribution >= 4 is 27.3 Å². The summed E-state index contributed by atoms with van der Waals surface area (Å²) in [5.74, 6) is 1.98. The summed E-state index contributed by atoms with van der Waals surface area (Å²) in [5, 5.41) is 10.6. The van der Waals surface area contributed by atoms with Crippen LogP contribution in [0.15, 0.2) is 74.9 Å². The number of para-hydroxylation sites is 1. The third-order valence-electron chi connectivity index (χ3n) is 4.48. The topological polar surface area (TPSA) is 51.4 Å². The van der Waals surface area contributed by atoms with Gasteiger partial charge in [0, 0.05) is 28.0 Å². The quantitative estimate of drug-likeness (QED) is 0.327. The molecule has 0 aliphatic carbocycles. The van der Waals surface area contributed by atoms with Crippen LogP contribution < -0.4 is 4.74 Å². The molecule has 148 valence electrons. The van der Waals surface area contributed by atoms with E-state index in [4.69, 9.17) is 9.15 Å². The average molecular weight is 470 g/mol. The van der Waals surface area contributed by atoms with Crippen LogP contribution in [-0.4, -0.2) is 22.2 Å². The monoisotopic (exact) mass is 469 g/mol. The van der Waals surface area contributed by atoms with Crippen LogP contribution in [0.2, 0.25) is 0 Å². The Morgan fingerprint density at radius 2 is 1.79 bits per heavy atom. The highest BCUT2D eigenvalue weighted by Gasteiger charge is 2.17. The van der Waals surface area contributed by atoms with Gasteiger partial charge < -0.3 is 9.15 Å². The first kappa shape index (κ1) is 19.8. The van der Waals surface area contributed by atoms with Crippen LogP contribution in [0.1, 0.15) is 16.3 Å². The predicted octanol–water partition coefficient (Wildman–Crippen LogP) is 5.77. The highest BCUT2D eigenvalue weighted by molar-refractivity contribution is 9.10. The van der Waals surface area contributed by atoms with Gasteiger partial charge in [-0.3, -0.25) is 4.90 Å². The summed E-state index contributed by atoms with van der Waals surface area (Å²) in [4.78, 5) is 3.56. The fourth-order valence-corrected chi connectivity index (χ4v) is 4.32. The Morgan fingerprint density at radius 1 is 0.966 bits per heavy atom. The van der Waals surface area contributed by atoms with E-state index in [2.05, 4.69) is 54.6 Å². The molecule has 4 rings (SSSR count). The van der Waals surface area contributed by atoms with E-state index in [9.17, 15) is 0 Å². The van der Waals surface area contributed by atoms with Crippen molar-refractivity contribution in [1.29, 1.82) is 0 Å². The number of ether oxygens (including phenoxy) is 1. The van der Waals surface area contributed by atoms with Gasteiger partial charge >= 0.3 is 0 Å². The minimum atomic E-state index is 0.515. The van der Waals surface area contributed by atoms with Gasteiger partial charge in [-0.25, -0.2) is 0 Å². The molecule has 0 aliphatic heterocycles. The molecule has 4 aromatic rings. The lowest BCUT2D eigenvalue weighted by molar-refractivity contribution is 0.222. The molecule has 0 aliphatic rings. The maximum absolute atomic E-state index is 5.97. The number of nitrogens with zero attached hydrogens (tertiary/aromatic N) is 3. The molecule has 7 heteroatoms. The molecule has 0 fully saturated rings. The zero-order valence-corrected chi connectivity index (χ0v) is 18.3. The van der Waals surface area contributed by atoms with E-state index in [0.717, 1.165) is 27.9 Å². The van der Waals surface area contributed by atoms with Crippen LogP contribution in [0.4, 0.5) is 0 Å². The summed E-state index contributed by atoms with van der Waals surface area (Å²) in [5.41, 5.74) is 2.01. The predicted molar refractivity (Wildman–Crippen MR) is 118 cm³/mol. The summed E-state index contributed by atoms with van der Waals surface area (Å²) < 4.78 is 12.4. The molecule has 29 heavy (non-hydrogen) atoms. The fourth-order valence-electron chi connectivity index (χ4n) is 3.12. The Kier molecular flexibility index (Phi) is 6.39. The van der Waals surface area contributed by atoms with Gasteiger partial charge in [-0.1, -0.05) is 36.4 Å². The van der Waals surface area contributed by atoms with Crippen molar-refractivity contribution in [2.75, 3.05) is 7.11 Å². The normalized spacial score (nSPS) is 11.1.